The van der Waals surface area contributed by atoms with E-state index in [0.29, 0.717) is 17.4 Å². The lowest BCUT2D eigenvalue weighted by molar-refractivity contribution is 0.309. The van der Waals surface area contributed by atoms with Crippen LogP contribution in [0.3, 0.4) is 0 Å². The van der Waals surface area contributed by atoms with Gasteiger partial charge in [0.05, 0.1) is 11.4 Å². The molecule has 1 saturated carbocycles. The first kappa shape index (κ1) is 14.1. The molecule has 0 saturated heterocycles. The van der Waals surface area contributed by atoms with Crippen molar-refractivity contribution >= 4 is 21.4 Å². The summed E-state index contributed by atoms with van der Waals surface area (Å²) < 4.78 is 25.5. The predicted molar refractivity (Wildman–Crippen MR) is 77.5 cm³/mol. The van der Waals surface area contributed by atoms with E-state index in [9.17, 15) is 8.42 Å². The molecule has 1 fully saturated rings. The topological polar surface area (TPSA) is 75.4 Å². The minimum atomic E-state index is -3.50. The van der Waals surface area contributed by atoms with Gasteiger partial charge in [0.2, 0.25) is 10.0 Å². The molecule has 0 amide bonds. The van der Waals surface area contributed by atoms with E-state index in [4.69, 9.17) is 5.73 Å². The second-order valence-corrected chi connectivity index (χ2v) is 7.54. The summed E-state index contributed by atoms with van der Waals surface area (Å²) in [6.45, 7) is 2.20. The monoisotopic (exact) mass is 283 g/mol. The molecule has 19 heavy (non-hydrogen) atoms. The number of sulfonamides is 1. The van der Waals surface area contributed by atoms with Crippen LogP contribution >= 0.6 is 0 Å². The van der Waals surface area contributed by atoms with Crippen molar-refractivity contribution in [1.82, 2.24) is 4.31 Å². The molecular weight excluding hydrogens is 262 g/mol. The van der Waals surface area contributed by atoms with Crippen LogP contribution in [0.1, 0.15) is 19.8 Å². The number of hydrogen-bond donors (Lipinski definition) is 2. The van der Waals surface area contributed by atoms with Crippen LogP contribution in [0.25, 0.3) is 0 Å². The average molecular weight is 283 g/mol. The smallest absolute Gasteiger partial charge is 0.244 e. The number of para-hydroxylation sites is 1. The van der Waals surface area contributed by atoms with Crippen LogP contribution in [0.15, 0.2) is 23.1 Å². The van der Waals surface area contributed by atoms with Crippen LogP contribution in [0.2, 0.25) is 0 Å². The van der Waals surface area contributed by atoms with Gasteiger partial charge in [-0.05, 0) is 30.9 Å². The highest BCUT2D eigenvalue weighted by Gasteiger charge is 2.27. The summed E-state index contributed by atoms with van der Waals surface area (Å²) in [5, 5.41) is 3.32. The lowest BCUT2D eigenvalue weighted by atomic mass is 9.82. The van der Waals surface area contributed by atoms with E-state index < -0.39 is 10.0 Å². The van der Waals surface area contributed by atoms with Crippen molar-refractivity contribution < 1.29 is 8.42 Å². The molecule has 2 rings (SSSR count). The Morgan fingerprint density at radius 2 is 1.95 bits per heavy atom. The summed E-state index contributed by atoms with van der Waals surface area (Å²) in [4.78, 5) is 0.162. The summed E-state index contributed by atoms with van der Waals surface area (Å²) in [6, 6.07) is 5.48. The number of nitrogens with two attached hydrogens (primary N) is 1. The van der Waals surface area contributed by atoms with Crippen LogP contribution in [0, 0.1) is 5.92 Å². The molecule has 0 radical (unpaired) electrons. The normalized spacial score (nSPS) is 23.2. The van der Waals surface area contributed by atoms with Crippen LogP contribution < -0.4 is 11.1 Å². The maximum Gasteiger partial charge on any atom is 0.244 e. The van der Waals surface area contributed by atoms with E-state index in [-0.39, 0.29) is 4.90 Å². The Bertz CT molecular complexity index is 563. The first-order valence-electron chi connectivity index (χ1n) is 6.40. The van der Waals surface area contributed by atoms with Crippen LogP contribution in [0.4, 0.5) is 11.4 Å². The Morgan fingerprint density at radius 3 is 2.47 bits per heavy atom. The molecule has 0 spiro atoms. The minimum absolute atomic E-state index is 0.162. The SMILES string of the molecule is CC1CC(Nc2cccc(S(=O)(=O)N(C)C)c2N)C1. The third-order valence-corrected chi connectivity index (χ3v) is 5.43. The number of nitrogen functional groups attached to an aromatic ring is 1. The highest BCUT2D eigenvalue weighted by atomic mass is 32.2. The van der Waals surface area contributed by atoms with Crippen LogP contribution in [-0.2, 0) is 10.0 Å². The molecule has 3 N–H and O–H groups in total. The first-order chi connectivity index (χ1) is 8.82. The van der Waals surface area contributed by atoms with Crippen molar-refractivity contribution in [3.8, 4) is 0 Å². The van der Waals surface area contributed by atoms with Crippen molar-refractivity contribution in [3.05, 3.63) is 18.2 Å². The summed E-state index contributed by atoms with van der Waals surface area (Å²) in [5.41, 5.74) is 7.01. The molecule has 5 nitrogen and oxygen atoms in total. The second kappa shape index (κ2) is 5.02. The minimum Gasteiger partial charge on any atom is -0.396 e. The third kappa shape index (κ3) is 2.69. The molecule has 1 aliphatic rings. The van der Waals surface area contributed by atoms with Gasteiger partial charge in [0.15, 0.2) is 0 Å². The maximum atomic E-state index is 12.1. The molecule has 1 aliphatic carbocycles. The molecule has 0 aliphatic heterocycles. The van der Waals surface area contributed by atoms with E-state index in [1.807, 2.05) is 6.07 Å². The fraction of sp³-hybridized carbons (Fsp3) is 0.538. The molecule has 106 valence electrons. The van der Waals surface area contributed by atoms with Crippen LogP contribution in [0.5, 0.6) is 0 Å². The van der Waals surface area contributed by atoms with Gasteiger partial charge in [-0.15, -0.1) is 0 Å². The Kier molecular flexibility index (Phi) is 3.73. The molecule has 1 aromatic carbocycles. The van der Waals surface area contributed by atoms with E-state index in [2.05, 4.69) is 12.2 Å². The highest BCUT2D eigenvalue weighted by Crippen LogP contribution is 2.33. The molecule has 0 atom stereocenters. The zero-order valence-corrected chi connectivity index (χ0v) is 12.4. The first-order valence-corrected chi connectivity index (χ1v) is 7.84. The van der Waals surface area contributed by atoms with Gasteiger partial charge in [-0.2, -0.15) is 0 Å². The zero-order valence-electron chi connectivity index (χ0n) is 11.6. The molecular formula is C13H21N3O2S. The number of benzene rings is 1. The lowest BCUT2D eigenvalue weighted by Gasteiger charge is -2.34. The number of nitrogens with one attached hydrogen (secondary N) is 1. The van der Waals surface area contributed by atoms with Gasteiger partial charge in [0, 0.05) is 20.1 Å². The largest absolute Gasteiger partial charge is 0.396 e. The van der Waals surface area contributed by atoms with Crippen molar-refractivity contribution in [2.75, 3.05) is 25.1 Å². The summed E-state index contributed by atoms with van der Waals surface area (Å²) in [7, 11) is -0.492. The van der Waals surface area contributed by atoms with Gasteiger partial charge in [-0.1, -0.05) is 13.0 Å². The van der Waals surface area contributed by atoms with Crippen molar-refractivity contribution in [1.29, 1.82) is 0 Å². The Balaban J connectivity index is 2.28. The second-order valence-electron chi connectivity index (χ2n) is 5.42. The van der Waals surface area contributed by atoms with Gasteiger partial charge < -0.3 is 11.1 Å². The number of anilines is 2. The summed E-state index contributed by atoms with van der Waals surface area (Å²) in [5.74, 6) is 0.729. The lowest BCUT2D eigenvalue weighted by Crippen LogP contribution is -2.34. The standard InChI is InChI=1S/C13H21N3O2S/c1-9-7-10(8-9)15-11-5-4-6-12(13(11)14)19(17,18)16(2)3/h4-6,9-10,15H,7-8,14H2,1-3H3. The van der Waals surface area contributed by atoms with Crippen molar-refractivity contribution in [2.24, 2.45) is 5.92 Å². The van der Waals surface area contributed by atoms with Crippen LogP contribution in [-0.4, -0.2) is 32.9 Å². The van der Waals surface area contributed by atoms with Gasteiger partial charge in [0.25, 0.3) is 0 Å². The van der Waals surface area contributed by atoms with Gasteiger partial charge in [-0.3, -0.25) is 0 Å². The van der Waals surface area contributed by atoms with E-state index in [1.165, 1.54) is 18.4 Å². The zero-order chi connectivity index (χ0) is 14.2. The quantitative estimate of drug-likeness (QED) is 0.825. The predicted octanol–water partition coefficient (Wildman–Crippen LogP) is 1.73. The average Bonchev–Trinajstić information content (AvgIpc) is 2.29. The highest BCUT2D eigenvalue weighted by molar-refractivity contribution is 7.89. The fourth-order valence-electron chi connectivity index (χ4n) is 2.33. The Labute approximate surface area is 114 Å². The molecule has 1 aromatic rings. The summed E-state index contributed by atoms with van der Waals surface area (Å²) >= 11 is 0. The fourth-order valence-corrected chi connectivity index (χ4v) is 3.36. The molecule has 0 unspecified atom stereocenters. The van der Waals surface area contributed by atoms with Gasteiger partial charge >= 0.3 is 0 Å². The van der Waals surface area contributed by atoms with E-state index in [1.54, 1.807) is 12.1 Å². The van der Waals surface area contributed by atoms with E-state index >= 15 is 0 Å². The number of rotatable bonds is 4. The van der Waals surface area contributed by atoms with Gasteiger partial charge in [-0.25, -0.2) is 12.7 Å². The maximum absolute atomic E-state index is 12.1. The van der Waals surface area contributed by atoms with Gasteiger partial charge in [0.1, 0.15) is 4.90 Å². The van der Waals surface area contributed by atoms with Crippen molar-refractivity contribution in [2.45, 2.75) is 30.7 Å². The molecule has 0 aromatic heterocycles. The molecule has 0 bridgehead atoms. The third-order valence-electron chi connectivity index (χ3n) is 3.56. The van der Waals surface area contributed by atoms with Crippen molar-refractivity contribution in [3.63, 3.8) is 0 Å². The molecule has 0 heterocycles. The van der Waals surface area contributed by atoms with E-state index in [0.717, 1.165) is 18.8 Å². The number of hydrogen-bond acceptors (Lipinski definition) is 4. The summed E-state index contributed by atoms with van der Waals surface area (Å²) in [6.07, 6.45) is 2.20. The Hall–Kier alpha value is -1.27. The number of nitrogens with zero attached hydrogens (tertiary/aromatic N) is 1. The Morgan fingerprint density at radius 1 is 1.32 bits per heavy atom. The molecule has 6 heteroatoms.